The van der Waals surface area contributed by atoms with Gasteiger partial charge in [0.05, 0.1) is 0 Å². The first-order valence-corrected chi connectivity index (χ1v) is 5.00. The van der Waals surface area contributed by atoms with Crippen LogP contribution in [0.5, 0.6) is 0 Å². The zero-order chi connectivity index (χ0) is 8.74. The minimum atomic E-state index is 0.293. The highest BCUT2D eigenvalue weighted by Gasteiger charge is 2.10. The summed E-state index contributed by atoms with van der Waals surface area (Å²) in [6.45, 7) is 6.47. The summed E-state index contributed by atoms with van der Waals surface area (Å²) in [6, 6.07) is 0. The molecule has 1 heteroatoms. The Balaban J connectivity index is 3.28. The fourth-order valence-electron chi connectivity index (χ4n) is 0.811. The highest BCUT2D eigenvalue weighted by molar-refractivity contribution is 9.10. The summed E-state index contributed by atoms with van der Waals surface area (Å²) in [5.74, 6) is 6.21. The average molecular weight is 217 g/mol. The quantitative estimate of drug-likeness (QED) is 0.383. The lowest BCUT2D eigenvalue weighted by atomic mass is 10.1. The number of halogens is 1. The van der Waals surface area contributed by atoms with Crippen molar-refractivity contribution < 1.29 is 0 Å². The van der Waals surface area contributed by atoms with Crippen molar-refractivity contribution in [3.8, 4) is 11.8 Å². The van der Waals surface area contributed by atoms with Crippen molar-refractivity contribution in [3.63, 3.8) is 0 Å². The Morgan fingerprint density at radius 1 is 1.27 bits per heavy atom. The first-order chi connectivity index (χ1) is 5.06. The molecule has 0 rings (SSSR count). The van der Waals surface area contributed by atoms with Crippen molar-refractivity contribution in [2.24, 2.45) is 0 Å². The molecular formula is C10H17Br. The number of alkyl halides is 1. The zero-order valence-electron chi connectivity index (χ0n) is 7.71. The maximum Gasteiger partial charge on any atom is 0.0202 e. The molecule has 0 spiro atoms. The Morgan fingerprint density at radius 2 is 1.91 bits per heavy atom. The molecule has 0 aromatic carbocycles. The molecule has 0 N–H and O–H groups in total. The van der Waals surface area contributed by atoms with Crippen LogP contribution in [0.25, 0.3) is 0 Å². The van der Waals surface area contributed by atoms with Crippen molar-refractivity contribution in [2.75, 3.05) is 0 Å². The monoisotopic (exact) mass is 216 g/mol. The van der Waals surface area contributed by atoms with E-state index in [2.05, 4.69) is 48.5 Å². The second-order valence-electron chi connectivity index (χ2n) is 3.28. The molecule has 0 atom stereocenters. The van der Waals surface area contributed by atoms with Crippen LogP contribution in [0.15, 0.2) is 0 Å². The van der Waals surface area contributed by atoms with Gasteiger partial charge in [0.1, 0.15) is 0 Å². The molecule has 0 aliphatic rings. The first kappa shape index (κ1) is 11.0. The van der Waals surface area contributed by atoms with Gasteiger partial charge in [0, 0.05) is 17.2 Å². The molecule has 0 amide bonds. The third-order valence-corrected chi connectivity index (χ3v) is 1.77. The molecule has 0 saturated carbocycles. The lowest BCUT2D eigenvalue weighted by Gasteiger charge is -2.13. The van der Waals surface area contributed by atoms with Crippen molar-refractivity contribution in [1.29, 1.82) is 0 Å². The van der Waals surface area contributed by atoms with E-state index < -0.39 is 0 Å². The molecule has 0 aromatic heterocycles. The molecule has 0 fully saturated rings. The second kappa shape index (κ2) is 5.66. The Kier molecular flexibility index (Phi) is 5.68. The van der Waals surface area contributed by atoms with Crippen molar-refractivity contribution in [2.45, 2.75) is 50.8 Å². The Morgan fingerprint density at radius 3 is 2.36 bits per heavy atom. The van der Waals surface area contributed by atoms with Crippen LogP contribution in [0.2, 0.25) is 0 Å². The van der Waals surface area contributed by atoms with Crippen LogP contribution in [0.3, 0.4) is 0 Å². The summed E-state index contributed by atoms with van der Waals surface area (Å²) in [5.41, 5.74) is 0. The van der Waals surface area contributed by atoms with Crippen molar-refractivity contribution in [3.05, 3.63) is 0 Å². The summed E-state index contributed by atoms with van der Waals surface area (Å²) in [5, 5.41) is 0. The second-order valence-corrected chi connectivity index (χ2v) is 5.43. The minimum Gasteiger partial charge on any atom is -0.104 e. The van der Waals surface area contributed by atoms with E-state index in [4.69, 9.17) is 0 Å². The Hall–Kier alpha value is 0.0400. The molecule has 0 heterocycles. The van der Waals surface area contributed by atoms with Gasteiger partial charge in [0.2, 0.25) is 0 Å². The van der Waals surface area contributed by atoms with E-state index in [9.17, 15) is 0 Å². The third-order valence-electron chi connectivity index (χ3n) is 1.37. The topological polar surface area (TPSA) is 0 Å². The predicted molar refractivity (Wildman–Crippen MR) is 54.9 cm³/mol. The lowest BCUT2D eigenvalue weighted by molar-refractivity contribution is 0.622. The minimum absolute atomic E-state index is 0.293. The average Bonchev–Trinajstić information content (AvgIpc) is 1.85. The fourth-order valence-corrected chi connectivity index (χ4v) is 1.09. The SMILES string of the molecule is CCC#CCCCC(C)(C)Br. The number of unbranched alkanes of at least 4 members (excludes halogenated alkanes) is 1. The molecular weight excluding hydrogens is 200 g/mol. The van der Waals surface area contributed by atoms with Gasteiger partial charge in [0.25, 0.3) is 0 Å². The van der Waals surface area contributed by atoms with Crippen LogP contribution in [0.4, 0.5) is 0 Å². The summed E-state index contributed by atoms with van der Waals surface area (Å²) < 4.78 is 0.293. The van der Waals surface area contributed by atoms with Gasteiger partial charge in [-0.15, -0.1) is 11.8 Å². The molecule has 0 aliphatic heterocycles. The standard InChI is InChI=1S/C10H17Br/c1-4-5-6-7-8-9-10(2,3)11/h4,7-9H2,1-3H3. The van der Waals surface area contributed by atoms with E-state index in [-0.39, 0.29) is 0 Å². The van der Waals surface area contributed by atoms with Crippen molar-refractivity contribution in [1.82, 2.24) is 0 Å². The highest BCUT2D eigenvalue weighted by atomic mass is 79.9. The molecule has 0 unspecified atom stereocenters. The summed E-state index contributed by atoms with van der Waals surface area (Å²) in [7, 11) is 0. The van der Waals surface area contributed by atoms with Crippen LogP contribution in [-0.2, 0) is 0 Å². The van der Waals surface area contributed by atoms with E-state index in [1.165, 1.54) is 12.8 Å². The summed E-state index contributed by atoms with van der Waals surface area (Å²) in [6.07, 6.45) is 4.43. The number of rotatable bonds is 3. The normalized spacial score (nSPS) is 10.5. The third kappa shape index (κ3) is 10.0. The van der Waals surface area contributed by atoms with E-state index in [1.807, 2.05) is 0 Å². The summed E-state index contributed by atoms with van der Waals surface area (Å²) in [4.78, 5) is 0. The molecule has 0 aliphatic carbocycles. The Bertz CT molecular complexity index is 142. The molecule has 11 heavy (non-hydrogen) atoms. The maximum atomic E-state index is 3.60. The van der Waals surface area contributed by atoms with Gasteiger partial charge < -0.3 is 0 Å². The van der Waals surface area contributed by atoms with Crippen LogP contribution in [-0.4, -0.2) is 4.32 Å². The first-order valence-electron chi connectivity index (χ1n) is 4.21. The lowest BCUT2D eigenvalue weighted by Crippen LogP contribution is -2.07. The van der Waals surface area contributed by atoms with E-state index >= 15 is 0 Å². The maximum absolute atomic E-state index is 3.60. The molecule has 0 saturated heterocycles. The predicted octanol–water partition coefficient (Wildman–Crippen LogP) is 3.74. The largest absolute Gasteiger partial charge is 0.104 e. The molecule has 0 radical (unpaired) electrons. The fraction of sp³-hybridized carbons (Fsp3) is 0.800. The number of hydrogen-bond acceptors (Lipinski definition) is 0. The molecule has 64 valence electrons. The number of hydrogen-bond donors (Lipinski definition) is 0. The zero-order valence-corrected chi connectivity index (χ0v) is 9.29. The van der Waals surface area contributed by atoms with Crippen LogP contribution in [0.1, 0.15) is 46.5 Å². The highest BCUT2D eigenvalue weighted by Crippen LogP contribution is 2.22. The Labute approximate surface area is 78.9 Å². The van der Waals surface area contributed by atoms with Crippen LogP contribution >= 0.6 is 15.9 Å². The van der Waals surface area contributed by atoms with E-state index in [1.54, 1.807) is 0 Å². The van der Waals surface area contributed by atoms with Gasteiger partial charge in [-0.2, -0.15) is 0 Å². The van der Waals surface area contributed by atoms with Gasteiger partial charge in [0.15, 0.2) is 0 Å². The molecule has 0 aromatic rings. The van der Waals surface area contributed by atoms with Gasteiger partial charge in [-0.05, 0) is 12.8 Å². The van der Waals surface area contributed by atoms with Crippen LogP contribution in [0, 0.1) is 11.8 Å². The van der Waals surface area contributed by atoms with Crippen LogP contribution < -0.4 is 0 Å². The summed E-state index contributed by atoms with van der Waals surface area (Å²) >= 11 is 3.60. The van der Waals surface area contributed by atoms with E-state index in [0.717, 1.165) is 12.8 Å². The van der Waals surface area contributed by atoms with Gasteiger partial charge in [-0.1, -0.05) is 36.7 Å². The van der Waals surface area contributed by atoms with Gasteiger partial charge in [-0.25, -0.2) is 0 Å². The van der Waals surface area contributed by atoms with E-state index in [0.29, 0.717) is 4.32 Å². The van der Waals surface area contributed by atoms with Gasteiger partial charge in [-0.3, -0.25) is 0 Å². The van der Waals surface area contributed by atoms with Crippen molar-refractivity contribution >= 4 is 15.9 Å². The smallest absolute Gasteiger partial charge is 0.0202 e. The molecule has 0 bridgehead atoms. The molecule has 0 nitrogen and oxygen atoms in total. The van der Waals surface area contributed by atoms with Gasteiger partial charge >= 0.3 is 0 Å².